The van der Waals surface area contributed by atoms with Crippen molar-refractivity contribution in [1.29, 1.82) is 0 Å². The Morgan fingerprint density at radius 3 is 0.750 bits per heavy atom. The van der Waals surface area contributed by atoms with Crippen LogP contribution in [0.25, 0.3) is 0 Å². The largest absolute Gasteiger partial charge is 0.147 e. The van der Waals surface area contributed by atoms with Crippen molar-refractivity contribution in [2.24, 2.45) is 0 Å². The zero-order valence-electron chi connectivity index (χ0n) is 2.80. The maximum absolute atomic E-state index is 0. The molecule has 0 N–H and O–H groups in total. The predicted octanol–water partition coefficient (Wildman–Crippen LogP) is 0.997. The molecule has 0 saturated carbocycles. The predicted molar refractivity (Wildman–Crippen MR) is 28.6 cm³/mol. The Balaban J connectivity index is 0. The van der Waals surface area contributed by atoms with Gasteiger partial charge >= 0.3 is 0 Å². The molecule has 0 aliphatic carbocycles. The van der Waals surface area contributed by atoms with E-state index >= 15 is 0 Å². The van der Waals surface area contributed by atoms with Gasteiger partial charge in [-0.2, -0.15) is 0 Å². The van der Waals surface area contributed by atoms with Crippen molar-refractivity contribution in [1.82, 2.24) is 0 Å². The fourth-order valence-corrected chi connectivity index (χ4v) is 0. The molecule has 4 heavy (non-hydrogen) atoms. The van der Waals surface area contributed by atoms with Gasteiger partial charge in [-0.05, 0) is 0 Å². The first-order chi connectivity index (χ1) is 0. The SMILES string of the molecule is Cl.Cl.Cl.[B].[H]. The van der Waals surface area contributed by atoms with Gasteiger partial charge in [0.15, 0.2) is 0 Å². The van der Waals surface area contributed by atoms with Gasteiger partial charge in [-0.25, -0.2) is 0 Å². The molecule has 0 nitrogen and oxygen atoms in total. The van der Waals surface area contributed by atoms with Crippen molar-refractivity contribution < 1.29 is 1.43 Å². The topological polar surface area (TPSA) is 0 Å². The van der Waals surface area contributed by atoms with Crippen molar-refractivity contribution in [2.45, 2.75) is 0 Å². The average Bonchev–Trinajstić information content (AvgIpc) is 0. The number of hydrogen-bond donors (Lipinski definition) is 0. The normalized spacial score (nSPS) is 0. The molecule has 0 bridgehead atoms. The van der Waals surface area contributed by atoms with Crippen LogP contribution in [-0.2, 0) is 0 Å². The van der Waals surface area contributed by atoms with Crippen molar-refractivity contribution in [3.05, 3.63) is 0 Å². The number of halogens is 3. The highest BCUT2D eigenvalue weighted by Gasteiger charge is 0.0000207. The first kappa shape index (κ1) is 87.4. The molecule has 0 saturated heterocycles. The highest BCUT2D eigenvalue weighted by molar-refractivity contribution is 5.86. The minimum absolute atomic E-state index is 0. The third-order valence-corrected chi connectivity index (χ3v) is 0. The van der Waals surface area contributed by atoms with E-state index in [0.29, 0.717) is 0 Å². The molecule has 0 aromatic carbocycles. The average molecular weight is 121 g/mol. The molecule has 0 atom stereocenters. The van der Waals surface area contributed by atoms with Crippen molar-refractivity contribution in [2.75, 3.05) is 0 Å². The van der Waals surface area contributed by atoms with Crippen LogP contribution in [0.4, 0.5) is 0 Å². The minimum Gasteiger partial charge on any atom is -0.147 e. The molecule has 0 aliphatic heterocycles. The second-order valence-electron chi connectivity index (χ2n) is 0. The van der Waals surface area contributed by atoms with E-state index in [9.17, 15) is 0 Å². The lowest BCUT2D eigenvalue weighted by molar-refractivity contribution is 5.75. The summed E-state index contributed by atoms with van der Waals surface area (Å²) in [6, 6.07) is 0. The molecule has 4 radical (unpaired) electrons. The van der Waals surface area contributed by atoms with Crippen LogP contribution in [0.3, 0.4) is 0 Å². The van der Waals surface area contributed by atoms with E-state index in [1.165, 1.54) is 0 Å². The van der Waals surface area contributed by atoms with Crippen LogP contribution in [0, 0.1) is 0 Å². The summed E-state index contributed by atoms with van der Waals surface area (Å²) in [4.78, 5) is 0. The van der Waals surface area contributed by atoms with Gasteiger partial charge in [0.05, 0.1) is 0 Å². The molecule has 0 fully saturated rings. The van der Waals surface area contributed by atoms with E-state index in [1.807, 2.05) is 0 Å². The van der Waals surface area contributed by atoms with Gasteiger partial charge in [-0.15, -0.1) is 37.2 Å². The molecule has 28 valence electrons. The molecule has 0 rings (SSSR count). The standard InChI is InChI=1S/B.3ClH.H/h;3*1H;. The van der Waals surface area contributed by atoms with Crippen LogP contribution in [-0.4, -0.2) is 8.41 Å². The summed E-state index contributed by atoms with van der Waals surface area (Å²) in [5.41, 5.74) is 0. The van der Waals surface area contributed by atoms with Gasteiger partial charge in [0, 0.05) is 9.84 Å². The van der Waals surface area contributed by atoms with Crippen LogP contribution >= 0.6 is 37.2 Å². The summed E-state index contributed by atoms with van der Waals surface area (Å²) in [5.74, 6) is 0. The van der Waals surface area contributed by atoms with Crippen LogP contribution in [0.15, 0.2) is 0 Å². The zero-order valence-corrected chi connectivity index (χ0v) is 4.25. The highest BCUT2D eigenvalue weighted by atomic mass is 35.5. The lowest BCUT2D eigenvalue weighted by Gasteiger charge is -0.148. The van der Waals surface area contributed by atoms with E-state index in [4.69, 9.17) is 0 Å². The first-order valence-corrected chi connectivity index (χ1v) is 0. The third kappa shape index (κ3) is 12.6. The van der Waals surface area contributed by atoms with Crippen LogP contribution < -0.4 is 0 Å². The van der Waals surface area contributed by atoms with Crippen molar-refractivity contribution >= 4 is 45.6 Å². The molecule has 0 unspecified atom stereocenters. The Morgan fingerprint density at radius 2 is 0.750 bits per heavy atom. The van der Waals surface area contributed by atoms with E-state index in [0.717, 1.165) is 0 Å². The summed E-state index contributed by atoms with van der Waals surface area (Å²) in [5, 5.41) is 0. The maximum Gasteiger partial charge on any atom is 0 e. The Hall–Kier alpha value is 0.935. The van der Waals surface area contributed by atoms with Crippen molar-refractivity contribution in [3.63, 3.8) is 0 Å². The van der Waals surface area contributed by atoms with Gasteiger partial charge in [-0.3, -0.25) is 0 Å². The molecular formula is H4BCl3. The van der Waals surface area contributed by atoms with Crippen LogP contribution in [0.1, 0.15) is 1.43 Å². The summed E-state index contributed by atoms with van der Waals surface area (Å²) in [6.45, 7) is 0. The van der Waals surface area contributed by atoms with Crippen LogP contribution in [0.2, 0.25) is 0 Å². The van der Waals surface area contributed by atoms with E-state index in [2.05, 4.69) is 0 Å². The number of hydrogen-bond acceptors (Lipinski definition) is 0. The van der Waals surface area contributed by atoms with Gasteiger partial charge in [0.1, 0.15) is 0 Å². The Morgan fingerprint density at radius 1 is 0.750 bits per heavy atom. The number of rotatable bonds is 0. The third-order valence-electron chi connectivity index (χ3n) is 0. The molecular weight excluding hydrogens is 117 g/mol. The Kier molecular flexibility index (Phi) is 847. The molecule has 0 amide bonds. The van der Waals surface area contributed by atoms with E-state index in [-0.39, 0.29) is 47.1 Å². The molecule has 0 aromatic heterocycles. The second-order valence-corrected chi connectivity index (χ2v) is 0. The lowest BCUT2D eigenvalue weighted by Crippen LogP contribution is -0.381. The quantitative estimate of drug-likeness (QED) is 0.419. The summed E-state index contributed by atoms with van der Waals surface area (Å²) in [6.07, 6.45) is 0. The Bertz CT molecular complexity index is 6.85. The minimum atomic E-state index is 0. The van der Waals surface area contributed by atoms with E-state index in [1.54, 1.807) is 0 Å². The van der Waals surface area contributed by atoms with Gasteiger partial charge in [-0.1, -0.05) is 0 Å². The lowest BCUT2D eigenvalue weighted by atomic mass is 10.8. The van der Waals surface area contributed by atoms with Crippen molar-refractivity contribution in [3.8, 4) is 0 Å². The zero-order chi connectivity index (χ0) is 0. The fraction of sp³-hybridized carbons (Fsp3) is 0. The smallest absolute Gasteiger partial charge is 0 e. The molecule has 0 spiro atoms. The van der Waals surface area contributed by atoms with Gasteiger partial charge < -0.3 is 0 Å². The van der Waals surface area contributed by atoms with Gasteiger partial charge in [0.25, 0.3) is 0 Å². The monoisotopic (exact) mass is 120 g/mol. The molecule has 0 aliphatic rings. The fourth-order valence-electron chi connectivity index (χ4n) is 0. The molecule has 0 aromatic rings. The summed E-state index contributed by atoms with van der Waals surface area (Å²) in [7, 11) is 0. The Labute approximate surface area is 47.6 Å². The maximum atomic E-state index is 0. The highest BCUT2D eigenvalue weighted by Crippen LogP contribution is 0.692. The van der Waals surface area contributed by atoms with Crippen LogP contribution in [0.5, 0.6) is 0 Å². The second kappa shape index (κ2) is 38.8. The summed E-state index contributed by atoms with van der Waals surface area (Å²) < 4.78 is 0. The first-order valence-electron chi connectivity index (χ1n) is 0. The van der Waals surface area contributed by atoms with E-state index < -0.39 is 0 Å². The molecule has 0 heterocycles. The van der Waals surface area contributed by atoms with Gasteiger partial charge in [0.2, 0.25) is 0 Å². The molecule has 4 heteroatoms. The summed E-state index contributed by atoms with van der Waals surface area (Å²) >= 11 is 0.